The van der Waals surface area contributed by atoms with Gasteiger partial charge < -0.3 is 10.2 Å². The second-order valence-corrected chi connectivity index (χ2v) is 5.11. The zero-order valence-electron chi connectivity index (χ0n) is 8.74. The van der Waals surface area contributed by atoms with Crippen LogP contribution in [0, 0.1) is 0 Å². The Morgan fingerprint density at radius 1 is 1.31 bits per heavy atom. The van der Waals surface area contributed by atoms with Crippen LogP contribution in [0.15, 0.2) is 22.7 Å². The predicted octanol–water partition coefficient (Wildman–Crippen LogP) is 3.05. The number of benzene rings is 1. The molecular weight excluding hydrogens is 272 g/mol. The number of hydrogen-bond acceptors (Lipinski definition) is 2. The molecule has 0 bridgehead atoms. The molecule has 1 aliphatic carbocycles. The first-order valence-corrected chi connectivity index (χ1v) is 6.08. The summed E-state index contributed by atoms with van der Waals surface area (Å²) in [4.78, 5) is 11.5. The monoisotopic (exact) mass is 284 g/mol. The molecule has 0 aliphatic heterocycles. The van der Waals surface area contributed by atoms with Crippen molar-refractivity contribution < 1.29 is 15.0 Å². The molecule has 0 spiro atoms. The summed E-state index contributed by atoms with van der Waals surface area (Å²) < 4.78 is 0.759. The quantitative estimate of drug-likeness (QED) is 0.878. The van der Waals surface area contributed by atoms with E-state index in [2.05, 4.69) is 15.9 Å². The zero-order chi connectivity index (χ0) is 11.8. The summed E-state index contributed by atoms with van der Waals surface area (Å²) in [5.74, 6) is -0.679. The van der Waals surface area contributed by atoms with Gasteiger partial charge >= 0.3 is 5.97 Å². The Labute approximate surface area is 102 Å². The van der Waals surface area contributed by atoms with Crippen LogP contribution in [-0.4, -0.2) is 16.2 Å². The van der Waals surface area contributed by atoms with Crippen LogP contribution in [0.4, 0.5) is 0 Å². The molecule has 0 amide bonds. The molecule has 0 aromatic heterocycles. The number of hydrogen-bond donors (Lipinski definition) is 2. The molecule has 1 aromatic rings. The van der Waals surface area contributed by atoms with Gasteiger partial charge in [0, 0.05) is 4.47 Å². The molecule has 2 rings (SSSR count). The van der Waals surface area contributed by atoms with Crippen LogP contribution < -0.4 is 0 Å². The summed E-state index contributed by atoms with van der Waals surface area (Å²) in [5.41, 5.74) is -0.130. The lowest BCUT2D eigenvalue weighted by Gasteiger charge is -2.25. The molecule has 1 fully saturated rings. The summed E-state index contributed by atoms with van der Waals surface area (Å²) in [6.45, 7) is 0. The van der Waals surface area contributed by atoms with E-state index in [0.29, 0.717) is 18.4 Å². The van der Waals surface area contributed by atoms with Crippen molar-refractivity contribution in [2.24, 2.45) is 0 Å². The lowest BCUT2D eigenvalue weighted by atomic mass is 9.79. The summed E-state index contributed by atoms with van der Waals surface area (Å²) in [7, 11) is 0. The highest BCUT2D eigenvalue weighted by Crippen LogP contribution is 2.45. The molecule has 0 atom stereocenters. The predicted molar refractivity (Wildman–Crippen MR) is 63.6 cm³/mol. The first kappa shape index (κ1) is 11.5. The molecule has 16 heavy (non-hydrogen) atoms. The Kier molecular flexibility index (Phi) is 2.93. The Hall–Kier alpha value is -1.03. The van der Waals surface area contributed by atoms with E-state index >= 15 is 0 Å². The van der Waals surface area contributed by atoms with Gasteiger partial charge in [-0.1, -0.05) is 28.8 Å². The van der Waals surface area contributed by atoms with Crippen LogP contribution in [0.2, 0.25) is 0 Å². The lowest BCUT2D eigenvalue weighted by Crippen LogP contribution is -2.32. The van der Waals surface area contributed by atoms with E-state index in [1.807, 2.05) is 0 Å². The number of carboxylic acids is 1. The van der Waals surface area contributed by atoms with Gasteiger partial charge in [0.15, 0.2) is 0 Å². The van der Waals surface area contributed by atoms with E-state index in [4.69, 9.17) is 0 Å². The zero-order valence-corrected chi connectivity index (χ0v) is 10.3. The fourth-order valence-corrected chi connectivity index (χ4v) is 3.08. The van der Waals surface area contributed by atoms with Gasteiger partial charge in [0.05, 0.1) is 5.41 Å². The standard InChI is InChI=1S/C12H13BrO3/c13-10-4-3-8(14)7-9(10)12(11(15)16)5-1-2-6-12/h3-4,7,14H,1-2,5-6H2,(H,15,16). The molecule has 86 valence electrons. The number of halogens is 1. The molecule has 1 aliphatic rings. The van der Waals surface area contributed by atoms with Crippen molar-refractivity contribution in [3.8, 4) is 5.75 Å². The number of aromatic hydroxyl groups is 1. The maximum Gasteiger partial charge on any atom is 0.314 e. The van der Waals surface area contributed by atoms with Gasteiger partial charge in [-0.05, 0) is 36.6 Å². The van der Waals surface area contributed by atoms with Crippen LogP contribution in [-0.2, 0) is 10.2 Å². The third-order valence-corrected chi connectivity index (χ3v) is 4.02. The third-order valence-electron chi connectivity index (χ3n) is 3.33. The first-order valence-electron chi connectivity index (χ1n) is 5.29. The number of rotatable bonds is 2. The van der Waals surface area contributed by atoms with E-state index in [-0.39, 0.29) is 5.75 Å². The molecule has 0 saturated heterocycles. The SMILES string of the molecule is O=C(O)C1(c2cc(O)ccc2Br)CCCC1. The van der Waals surface area contributed by atoms with Crippen molar-refractivity contribution in [2.45, 2.75) is 31.1 Å². The second-order valence-electron chi connectivity index (χ2n) is 4.26. The Bertz CT molecular complexity index is 422. The number of carbonyl (C=O) groups is 1. The van der Waals surface area contributed by atoms with Crippen LogP contribution in [0.3, 0.4) is 0 Å². The average molecular weight is 285 g/mol. The largest absolute Gasteiger partial charge is 0.508 e. The van der Waals surface area contributed by atoms with Crippen molar-refractivity contribution in [1.29, 1.82) is 0 Å². The first-order chi connectivity index (χ1) is 7.56. The normalized spacial score (nSPS) is 18.6. The van der Waals surface area contributed by atoms with Crippen molar-refractivity contribution in [3.63, 3.8) is 0 Å². The van der Waals surface area contributed by atoms with E-state index < -0.39 is 11.4 Å². The van der Waals surface area contributed by atoms with Crippen LogP contribution in [0.1, 0.15) is 31.2 Å². The smallest absolute Gasteiger partial charge is 0.314 e. The highest BCUT2D eigenvalue weighted by molar-refractivity contribution is 9.10. The number of phenolic OH excluding ortho intramolecular Hbond substituents is 1. The fraction of sp³-hybridized carbons (Fsp3) is 0.417. The minimum atomic E-state index is -0.822. The average Bonchev–Trinajstić information content (AvgIpc) is 2.71. The third kappa shape index (κ3) is 1.71. The molecule has 0 unspecified atom stereocenters. The summed E-state index contributed by atoms with van der Waals surface area (Å²) in [6, 6.07) is 4.81. The van der Waals surface area contributed by atoms with Gasteiger partial charge in [-0.25, -0.2) is 0 Å². The summed E-state index contributed by atoms with van der Waals surface area (Å²) in [6.07, 6.45) is 3.14. The van der Waals surface area contributed by atoms with Gasteiger partial charge in [0.2, 0.25) is 0 Å². The Morgan fingerprint density at radius 2 is 1.94 bits per heavy atom. The maximum absolute atomic E-state index is 11.5. The second kappa shape index (κ2) is 4.09. The van der Waals surface area contributed by atoms with Gasteiger partial charge in [0.25, 0.3) is 0 Å². The molecule has 2 N–H and O–H groups in total. The van der Waals surface area contributed by atoms with Gasteiger partial charge in [-0.2, -0.15) is 0 Å². The van der Waals surface area contributed by atoms with Crippen molar-refractivity contribution in [2.75, 3.05) is 0 Å². The molecule has 1 aromatic carbocycles. The Balaban J connectivity index is 2.55. The van der Waals surface area contributed by atoms with Gasteiger partial charge in [-0.3, -0.25) is 4.79 Å². The molecular formula is C12H13BrO3. The van der Waals surface area contributed by atoms with Crippen LogP contribution in [0.25, 0.3) is 0 Å². The van der Waals surface area contributed by atoms with E-state index in [1.54, 1.807) is 18.2 Å². The van der Waals surface area contributed by atoms with Crippen molar-refractivity contribution in [1.82, 2.24) is 0 Å². The topological polar surface area (TPSA) is 57.5 Å². The number of carboxylic acid groups (broad SMARTS) is 1. The maximum atomic E-state index is 11.5. The minimum absolute atomic E-state index is 0.116. The van der Waals surface area contributed by atoms with Crippen LogP contribution in [0.5, 0.6) is 5.75 Å². The molecule has 3 nitrogen and oxygen atoms in total. The molecule has 1 saturated carbocycles. The van der Waals surface area contributed by atoms with E-state index in [1.165, 1.54) is 0 Å². The summed E-state index contributed by atoms with van der Waals surface area (Å²) >= 11 is 3.37. The van der Waals surface area contributed by atoms with Crippen molar-refractivity contribution >= 4 is 21.9 Å². The van der Waals surface area contributed by atoms with E-state index in [9.17, 15) is 15.0 Å². The van der Waals surface area contributed by atoms with Gasteiger partial charge in [-0.15, -0.1) is 0 Å². The molecule has 0 radical (unpaired) electrons. The highest BCUT2D eigenvalue weighted by atomic mass is 79.9. The van der Waals surface area contributed by atoms with E-state index in [0.717, 1.165) is 17.3 Å². The van der Waals surface area contributed by atoms with Crippen molar-refractivity contribution in [3.05, 3.63) is 28.2 Å². The number of aliphatic carboxylic acids is 1. The Morgan fingerprint density at radius 3 is 2.50 bits per heavy atom. The van der Waals surface area contributed by atoms with Crippen LogP contribution >= 0.6 is 15.9 Å². The highest BCUT2D eigenvalue weighted by Gasteiger charge is 2.44. The number of phenols is 1. The summed E-state index contributed by atoms with van der Waals surface area (Å²) in [5, 5.41) is 18.9. The molecule has 0 heterocycles. The molecule has 4 heteroatoms. The lowest BCUT2D eigenvalue weighted by molar-refractivity contribution is -0.143. The van der Waals surface area contributed by atoms with Gasteiger partial charge in [0.1, 0.15) is 5.75 Å². The minimum Gasteiger partial charge on any atom is -0.508 e. The fourth-order valence-electron chi connectivity index (χ4n) is 2.46.